The van der Waals surface area contributed by atoms with E-state index in [4.69, 9.17) is 16.3 Å². The Kier molecular flexibility index (Phi) is 6.61. The van der Waals surface area contributed by atoms with Crippen LogP contribution in [0.1, 0.15) is 50.6 Å². The molecule has 1 N–H and O–H groups in total. The van der Waals surface area contributed by atoms with E-state index in [9.17, 15) is 9.59 Å². The lowest BCUT2D eigenvalue weighted by Crippen LogP contribution is -2.19. The molecule has 3 aromatic rings. The van der Waals surface area contributed by atoms with Crippen LogP contribution in [0.15, 0.2) is 40.2 Å². The number of carbonyl (C=O) groups is 2. The first-order valence-corrected chi connectivity index (χ1v) is 13.3. The van der Waals surface area contributed by atoms with Crippen molar-refractivity contribution in [3.05, 3.63) is 73.2 Å². The van der Waals surface area contributed by atoms with Crippen molar-refractivity contribution in [3.8, 4) is 5.00 Å². The largest absolute Gasteiger partial charge is 0.465 e. The number of benzene rings is 1. The molecule has 0 atom stereocenters. The van der Waals surface area contributed by atoms with Crippen molar-refractivity contribution < 1.29 is 14.3 Å². The van der Waals surface area contributed by atoms with E-state index in [1.165, 1.54) is 23.7 Å². The number of methoxy groups -OCH3 is 1. The van der Waals surface area contributed by atoms with Gasteiger partial charge in [-0.05, 0) is 98.8 Å². The maximum atomic E-state index is 12.8. The summed E-state index contributed by atoms with van der Waals surface area (Å²) in [6, 6.07) is 9.18. The number of aromatic nitrogens is 1. The second-order valence-electron chi connectivity index (χ2n) is 8.50. The molecule has 0 radical (unpaired) electrons. The van der Waals surface area contributed by atoms with Crippen molar-refractivity contribution in [2.75, 3.05) is 7.11 Å². The Balaban J connectivity index is 1.50. The van der Waals surface area contributed by atoms with Crippen LogP contribution in [-0.2, 0) is 22.4 Å². The summed E-state index contributed by atoms with van der Waals surface area (Å²) < 4.78 is 7.28. The van der Waals surface area contributed by atoms with Gasteiger partial charge in [-0.15, -0.1) is 11.3 Å². The van der Waals surface area contributed by atoms with Gasteiger partial charge in [0, 0.05) is 21.3 Å². The number of amides is 1. The Bertz CT molecular complexity index is 1400. The van der Waals surface area contributed by atoms with Crippen molar-refractivity contribution in [2.45, 2.75) is 39.5 Å². The van der Waals surface area contributed by atoms with Crippen LogP contribution in [0.3, 0.4) is 0 Å². The number of amidine groups is 1. The molecule has 1 saturated heterocycles. The number of nitrogens with one attached hydrogen (secondary N) is 1. The number of nitrogens with zero attached hydrogens (tertiary/aromatic N) is 2. The van der Waals surface area contributed by atoms with E-state index in [0.29, 0.717) is 26.3 Å². The molecule has 5 rings (SSSR count). The molecule has 0 saturated carbocycles. The van der Waals surface area contributed by atoms with Crippen LogP contribution in [0.4, 0.5) is 5.69 Å². The van der Waals surface area contributed by atoms with Gasteiger partial charge in [0.2, 0.25) is 0 Å². The molecule has 1 amide bonds. The number of thioether (sulfide) groups is 1. The highest BCUT2D eigenvalue weighted by Gasteiger charge is 2.29. The number of ether oxygens (including phenoxy) is 1. The summed E-state index contributed by atoms with van der Waals surface area (Å²) in [5, 5.41) is 4.89. The fourth-order valence-electron chi connectivity index (χ4n) is 4.52. The summed E-state index contributed by atoms with van der Waals surface area (Å²) >= 11 is 8.92. The number of hydrogen-bond acceptors (Lipinski definition) is 6. The number of fused-ring (bicyclic) bond motifs is 1. The highest BCUT2D eigenvalue weighted by molar-refractivity contribution is 8.18. The van der Waals surface area contributed by atoms with Crippen molar-refractivity contribution in [1.82, 2.24) is 9.88 Å². The fourth-order valence-corrected chi connectivity index (χ4v) is 6.97. The maximum Gasteiger partial charge on any atom is 0.341 e. The van der Waals surface area contributed by atoms with Crippen LogP contribution in [-0.4, -0.2) is 28.7 Å². The number of hydrogen-bond donors (Lipinski definition) is 1. The van der Waals surface area contributed by atoms with Gasteiger partial charge in [0.05, 0.1) is 23.3 Å². The number of esters is 1. The molecule has 2 aliphatic rings. The molecule has 0 unspecified atom stereocenters. The molecular formula is C26H24ClN3O3S2. The van der Waals surface area contributed by atoms with Gasteiger partial charge in [-0.2, -0.15) is 0 Å². The van der Waals surface area contributed by atoms with Crippen LogP contribution < -0.4 is 5.32 Å². The van der Waals surface area contributed by atoms with Crippen molar-refractivity contribution >= 4 is 63.5 Å². The quantitative estimate of drug-likeness (QED) is 0.317. The van der Waals surface area contributed by atoms with E-state index in [1.54, 1.807) is 35.6 Å². The van der Waals surface area contributed by atoms with Crippen LogP contribution >= 0.6 is 34.7 Å². The van der Waals surface area contributed by atoms with Crippen molar-refractivity contribution in [2.24, 2.45) is 4.99 Å². The van der Waals surface area contributed by atoms with Gasteiger partial charge in [-0.3, -0.25) is 4.79 Å². The molecule has 1 aliphatic heterocycles. The third kappa shape index (κ3) is 4.58. The smallest absolute Gasteiger partial charge is 0.341 e. The minimum Gasteiger partial charge on any atom is -0.465 e. The normalized spacial score (nSPS) is 17.7. The number of halogens is 1. The zero-order chi connectivity index (χ0) is 24.7. The number of aliphatic imine (C=N–C) groups is 1. The molecule has 1 fully saturated rings. The second-order valence-corrected chi connectivity index (χ2v) is 11.1. The third-order valence-electron chi connectivity index (χ3n) is 6.21. The second kappa shape index (κ2) is 9.68. The molecule has 180 valence electrons. The Morgan fingerprint density at radius 2 is 1.94 bits per heavy atom. The molecule has 6 nitrogen and oxygen atoms in total. The molecule has 0 bridgehead atoms. The number of aryl methyl sites for hydroxylation is 2. The molecular weight excluding hydrogens is 502 g/mol. The van der Waals surface area contributed by atoms with Gasteiger partial charge in [0.15, 0.2) is 5.17 Å². The molecule has 2 aromatic heterocycles. The first kappa shape index (κ1) is 23.9. The SMILES string of the molecule is COC(=O)c1c(-n2c(C)cc(/C=C3\SC(=Nc4ccc(Cl)cc4)NC3=O)c2C)sc2c1CCCC2. The van der Waals surface area contributed by atoms with Gasteiger partial charge in [-0.25, -0.2) is 9.79 Å². The summed E-state index contributed by atoms with van der Waals surface area (Å²) in [7, 11) is 1.43. The van der Waals surface area contributed by atoms with E-state index in [2.05, 4.69) is 14.9 Å². The van der Waals surface area contributed by atoms with E-state index in [1.807, 2.05) is 26.0 Å². The van der Waals surface area contributed by atoms with Gasteiger partial charge in [0.1, 0.15) is 5.00 Å². The average Bonchev–Trinajstić information content (AvgIpc) is 3.47. The topological polar surface area (TPSA) is 72.7 Å². The lowest BCUT2D eigenvalue weighted by molar-refractivity contribution is -0.115. The molecule has 35 heavy (non-hydrogen) atoms. The molecule has 1 aromatic carbocycles. The van der Waals surface area contributed by atoms with Crippen LogP contribution in [0.2, 0.25) is 5.02 Å². The van der Waals surface area contributed by atoms with E-state index < -0.39 is 0 Å². The molecule has 0 spiro atoms. The summed E-state index contributed by atoms with van der Waals surface area (Å²) in [5.41, 5.74) is 5.42. The maximum absolute atomic E-state index is 12.8. The van der Waals surface area contributed by atoms with Gasteiger partial charge in [0.25, 0.3) is 5.91 Å². The minimum absolute atomic E-state index is 0.186. The van der Waals surface area contributed by atoms with E-state index >= 15 is 0 Å². The van der Waals surface area contributed by atoms with Gasteiger partial charge >= 0.3 is 5.97 Å². The van der Waals surface area contributed by atoms with Crippen molar-refractivity contribution in [1.29, 1.82) is 0 Å². The summed E-state index contributed by atoms with van der Waals surface area (Å²) in [6.45, 7) is 4.03. The summed E-state index contributed by atoms with van der Waals surface area (Å²) in [5.74, 6) is -0.477. The Labute approximate surface area is 217 Å². The van der Waals surface area contributed by atoms with Crippen LogP contribution in [0, 0.1) is 13.8 Å². The van der Waals surface area contributed by atoms with Crippen molar-refractivity contribution in [3.63, 3.8) is 0 Å². The molecule has 3 heterocycles. The number of thiophene rings is 1. The molecule has 1 aliphatic carbocycles. The summed E-state index contributed by atoms with van der Waals surface area (Å²) in [4.78, 5) is 31.8. The lowest BCUT2D eigenvalue weighted by Gasteiger charge is -2.12. The predicted octanol–water partition coefficient (Wildman–Crippen LogP) is 6.37. The predicted molar refractivity (Wildman–Crippen MR) is 143 cm³/mol. The average molecular weight is 526 g/mol. The first-order valence-electron chi connectivity index (χ1n) is 11.3. The van der Waals surface area contributed by atoms with Crippen LogP contribution in [0.5, 0.6) is 0 Å². The lowest BCUT2D eigenvalue weighted by atomic mass is 9.95. The summed E-state index contributed by atoms with van der Waals surface area (Å²) in [6.07, 6.45) is 6.00. The highest BCUT2D eigenvalue weighted by atomic mass is 35.5. The standard InChI is InChI=1S/C26H24ClN3O3S2/c1-14-12-16(13-21-23(31)29-26(35-21)28-18-10-8-17(27)9-11-18)15(2)30(14)24-22(25(32)33-3)19-6-4-5-7-20(19)34-24/h8-13H,4-7H2,1-3H3,(H,28,29,31)/b21-13-. The van der Waals surface area contributed by atoms with Gasteiger partial charge in [-0.1, -0.05) is 11.6 Å². The van der Waals surface area contributed by atoms with Crippen LogP contribution in [0.25, 0.3) is 11.1 Å². The molecule has 9 heteroatoms. The zero-order valence-electron chi connectivity index (χ0n) is 19.6. The monoisotopic (exact) mass is 525 g/mol. The zero-order valence-corrected chi connectivity index (χ0v) is 22.0. The Morgan fingerprint density at radius 3 is 2.69 bits per heavy atom. The minimum atomic E-state index is -0.291. The highest BCUT2D eigenvalue weighted by Crippen LogP contribution is 2.39. The third-order valence-corrected chi connectivity index (χ3v) is 8.65. The first-order chi connectivity index (χ1) is 16.9. The van der Waals surface area contributed by atoms with E-state index in [-0.39, 0.29) is 11.9 Å². The Hall–Kier alpha value is -2.81. The Morgan fingerprint density at radius 1 is 1.20 bits per heavy atom. The fraction of sp³-hybridized carbons (Fsp3) is 0.269. The van der Waals surface area contributed by atoms with E-state index in [0.717, 1.165) is 53.2 Å². The number of rotatable bonds is 4. The van der Waals surface area contributed by atoms with Gasteiger partial charge < -0.3 is 14.6 Å². The number of carbonyl (C=O) groups excluding carboxylic acids is 2.